The van der Waals surface area contributed by atoms with E-state index in [1.54, 1.807) is 6.20 Å². The van der Waals surface area contributed by atoms with Gasteiger partial charge in [0, 0.05) is 64.9 Å². The quantitative estimate of drug-likeness (QED) is 0.0710. The Hall–Kier alpha value is -5.51. The van der Waals surface area contributed by atoms with E-state index in [4.69, 9.17) is 5.11 Å². The number of pyridine rings is 3. The van der Waals surface area contributed by atoms with Crippen molar-refractivity contribution in [1.29, 1.82) is 0 Å². The van der Waals surface area contributed by atoms with Gasteiger partial charge in [-0.05, 0) is 53.8 Å². The number of aliphatic hydroxyl groups excluding tert-OH is 1. The SMILES string of the molecule is CC(=O)C=C(C)O.C[Si](C)(C)c1ccc(-c2[c-]ccc(-c3ccccc3)c2)nc1.C[Si](C)(C)c1cccnc1-c1[c-]cc(-c2ccccc2)cc1.Cc1ccc[c-]c1-c1ccccn1.[Ir].[Ir]. The Bertz CT molecular complexity index is 2720. The van der Waals surface area contributed by atoms with Gasteiger partial charge in [0.1, 0.15) is 0 Å². The van der Waals surface area contributed by atoms with Crippen molar-refractivity contribution in [3.8, 4) is 56.0 Å². The summed E-state index contributed by atoms with van der Waals surface area (Å²) in [6.07, 6.45) is 6.87. The van der Waals surface area contributed by atoms with Crippen LogP contribution < -0.4 is 10.4 Å². The zero-order chi connectivity index (χ0) is 46.1. The summed E-state index contributed by atoms with van der Waals surface area (Å²) in [6, 6.07) is 63.8. The van der Waals surface area contributed by atoms with Gasteiger partial charge in [0.25, 0.3) is 0 Å². The number of allylic oxidation sites excluding steroid dienone is 2. The molecule has 0 bridgehead atoms. The third-order valence-electron chi connectivity index (χ3n) is 10.0. The van der Waals surface area contributed by atoms with Crippen LogP contribution >= 0.6 is 0 Å². The number of benzene rings is 5. The Balaban J connectivity index is 0.000000248. The fourth-order valence-corrected chi connectivity index (χ4v) is 9.17. The molecule has 8 aromatic rings. The third-order valence-corrected chi connectivity index (χ3v) is 14.0. The molecule has 5 nitrogen and oxygen atoms in total. The van der Waals surface area contributed by atoms with E-state index < -0.39 is 16.1 Å². The molecule has 0 aliphatic heterocycles. The van der Waals surface area contributed by atoms with Gasteiger partial charge in [-0.25, -0.2) is 0 Å². The molecule has 5 aromatic carbocycles. The number of hydrogen-bond acceptors (Lipinski definition) is 5. The zero-order valence-corrected chi connectivity index (χ0v) is 46.0. The van der Waals surface area contributed by atoms with E-state index in [0.29, 0.717) is 0 Å². The van der Waals surface area contributed by atoms with Crippen LogP contribution in [0, 0.1) is 25.1 Å². The normalized spacial score (nSPS) is 10.8. The molecule has 66 heavy (non-hydrogen) atoms. The van der Waals surface area contributed by atoms with Crippen LogP contribution in [0.15, 0.2) is 188 Å². The first-order valence-corrected chi connectivity index (χ1v) is 28.4. The monoisotopic (exact) mass is 1260 g/mol. The summed E-state index contributed by atoms with van der Waals surface area (Å²) >= 11 is 0. The van der Waals surface area contributed by atoms with Crippen molar-refractivity contribution >= 4 is 32.3 Å². The standard InChI is InChI=1S/2C20H20NSi.C12H10N.C5H8O2.2Ir/c1-22(2,3)19-10-7-15-21-20(19)18-13-11-17(12-14-18)16-8-5-4-6-9-16;1-22(2,3)19-12-13-20(21-15-19)18-11-7-10-17(14-18)16-8-5-4-6-9-16;1-10-6-2-3-7-11(10)12-8-4-5-9-13-12;1-4(6)3-5(2)7;;/h4-13,15H,1-3H3;4-10,12-15H,1-3H3;2-6,8-9H,1H3;3,6H,1-2H3;;/q3*-1;;;. The van der Waals surface area contributed by atoms with Crippen molar-refractivity contribution < 1.29 is 50.1 Å². The van der Waals surface area contributed by atoms with Crippen molar-refractivity contribution in [3.63, 3.8) is 0 Å². The largest absolute Gasteiger partial charge is 0.512 e. The number of aryl methyl sites for hydroxylation is 1. The van der Waals surface area contributed by atoms with E-state index in [1.807, 2.05) is 67.0 Å². The van der Waals surface area contributed by atoms with Gasteiger partial charge in [0.15, 0.2) is 5.78 Å². The van der Waals surface area contributed by atoms with Gasteiger partial charge in [-0.3, -0.25) is 4.79 Å². The topological polar surface area (TPSA) is 76.0 Å². The van der Waals surface area contributed by atoms with Gasteiger partial charge in [-0.15, -0.1) is 101 Å². The first-order valence-electron chi connectivity index (χ1n) is 21.4. The Labute approximate surface area is 422 Å². The van der Waals surface area contributed by atoms with Crippen LogP contribution in [0.25, 0.3) is 56.0 Å². The van der Waals surface area contributed by atoms with Crippen LogP contribution in [-0.4, -0.2) is 42.0 Å². The average molecular weight is 1260 g/mol. The summed E-state index contributed by atoms with van der Waals surface area (Å²) in [5.74, 6) is -0.0625. The van der Waals surface area contributed by atoms with Gasteiger partial charge in [0.05, 0.1) is 21.9 Å². The maximum Gasteiger partial charge on any atom is 0.155 e. The number of aliphatic hydroxyl groups is 1. The minimum absolute atomic E-state index is 0. The van der Waals surface area contributed by atoms with Crippen molar-refractivity contribution in [1.82, 2.24) is 15.0 Å². The van der Waals surface area contributed by atoms with Crippen molar-refractivity contribution in [2.24, 2.45) is 0 Å². The van der Waals surface area contributed by atoms with Gasteiger partial charge < -0.3 is 20.1 Å². The van der Waals surface area contributed by atoms with Gasteiger partial charge in [-0.1, -0.05) is 154 Å². The maximum absolute atomic E-state index is 10.0. The predicted molar refractivity (Wildman–Crippen MR) is 274 cm³/mol. The van der Waals surface area contributed by atoms with E-state index in [0.717, 1.165) is 33.8 Å². The molecule has 3 aromatic heterocycles. The van der Waals surface area contributed by atoms with E-state index in [2.05, 4.69) is 182 Å². The molecule has 1 N–H and O–H groups in total. The van der Waals surface area contributed by atoms with E-state index in [1.165, 1.54) is 58.1 Å². The van der Waals surface area contributed by atoms with Crippen molar-refractivity contribution in [2.45, 2.75) is 60.1 Å². The fourth-order valence-electron chi connectivity index (χ4n) is 6.63. The van der Waals surface area contributed by atoms with E-state index >= 15 is 0 Å². The molecule has 0 aliphatic rings. The molecule has 342 valence electrons. The number of carbonyl (C=O) groups excluding carboxylic acids is 1. The van der Waals surface area contributed by atoms with Crippen LogP contribution in [0.2, 0.25) is 39.3 Å². The molecule has 8 rings (SSSR count). The van der Waals surface area contributed by atoms with Crippen LogP contribution in [0.5, 0.6) is 0 Å². The molecule has 3 heterocycles. The zero-order valence-electron chi connectivity index (χ0n) is 39.2. The van der Waals surface area contributed by atoms with Crippen LogP contribution in [-0.2, 0) is 45.0 Å². The van der Waals surface area contributed by atoms with Crippen molar-refractivity contribution in [2.75, 3.05) is 0 Å². The summed E-state index contributed by atoms with van der Waals surface area (Å²) in [5.41, 5.74) is 12.3. The number of hydrogen-bond donors (Lipinski definition) is 1. The third kappa shape index (κ3) is 17.0. The maximum atomic E-state index is 10.0. The molecule has 0 fully saturated rings. The number of rotatable bonds is 8. The summed E-state index contributed by atoms with van der Waals surface area (Å²) in [6.45, 7) is 19.0. The second-order valence-electron chi connectivity index (χ2n) is 17.4. The first kappa shape index (κ1) is 54.8. The van der Waals surface area contributed by atoms with Crippen LogP contribution in [0.4, 0.5) is 0 Å². The molecule has 0 aliphatic carbocycles. The predicted octanol–water partition coefficient (Wildman–Crippen LogP) is 13.4. The Morgan fingerprint density at radius 3 is 1.73 bits per heavy atom. The molecule has 0 saturated heterocycles. The molecule has 0 saturated carbocycles. The van der Waals surface area contributed by atoms with Gasteiger partial charge in [0.2, 0.25) is 0 Å². The second kappa shape index (κ2) is 26.6. The summed E-state index contributed by atoms with van der Waals surface area (Å²) in [7, 11) is -2.71. The fraction of sp³-hybridized carbons (Fsp3) is 0.158. The molecule has 2 radical (unpaired) electrons. The van der Waals surface area contributed by atoms with Crippen LogP contribution in [0.3, 0.4) is 0 Å². The molecule has 0 unspecified atom stereocenters. The molecule has 9 heteroatoms. The van der Waals surface area contributed by atoms with Crippen LogP contribution in [0.1, 0.15) is 19.4 Å². The second-order valence-corrected chi connectivity index (χ2v) is 27.5. The molecule has 0 amide bonds. The number of ketones is 1. The Morgan fingerprint density at radius 2 is 1.21 bits per heavy atom. The minimum Gasteiger partial charge on any atom is -0.512 e. The Kier molecular flexibility index (Phi) is 22.1. The Morgan fingerprint density at radius 1 is 0.561 bits per heavy atom. The molecular formula is C57H58Ir2N3O2Si2-3. The molecular weight excluding hydrogens is 1200 g/mol. The minimum atomic E-state index is -1.42. The van der Waals surface area contributed by atoms with E-state index in [-0.39, 0.29) is 51.8 Å². The van der Waals surface area contributed by atoms with Crippen molar-refractivity contribution in [3.05, 3.63) is 212 Å². The summed E-state index contributed by atoms with van der Waals surface area (Å²) in [4.78, 5) is 23.6. The van der Waals surface area contributed by atoms with E-state index in [9.17, 15) is 4.79 Å². The number of carbonyl (C=O) groups is 1. The first-order chi connectivity index (χ1) is 30.6. The molecule has 0 spiro atoms. The van der Waals surface area contributed by atoms with Gasteiger partial charge >= 0.3 is 0 Å². The summed E-state index contributed by atoms with van der Waals surface area (Å²) < 4.78 is 0. The smallest absolute Gasteiger partial charge is 0.155 e. The molecule has 0 atom stereocenters. The summed E-state index contributed by atoms with van der Waals surface area (Å²) in [5, 5.41) is 11.1. The number of nitrogens with zero attached hydrogens (tertiary/aromatic N) is 3. The number of aromatic nitrogens is 3. The van der Waals surface area contributed by atoms with Gasteiger partial charge in [-0.2, -0.15) is 0 Å². The average Bonchev–Trinajstić information content (AvgIpc) is 3.30.